The number of ether oxygens (including phenoxy) is 1. The average Bonchev–Trinajstić information content (AvgIpc) is 3.17. The Bertz CT molecular complexity index is 1490. The van der Waals surface area contributed by atoms with Crippen molar-refractivity contribution in [2.24, 2.45) is 4.99 Å². The molecule has 0 aliphatic rings. The zero-order chi connectivity index (χ0) is 21.5. The van der Waals surface area contributed by atoms with Gasteiger partial charge in [0.15, 0.2) is 0 Å². The number of para-hydroxylation sites is 1. The molecule has 2 heterocycles. The summed E-state index contributed by atoms with van der Waals surface area (Å²) in [6, 6.07) is 20.3. The fourth-order valence-corrected chi connectivity index (χ4v) is 4.82. The highest BCUT2D eigenvalue weighted by Crippen LogP contribution is 2.31. The summed E-state index contributed by atoms with van der Waals surface area (Å²) in [7, 11) is 1.66. The molecule has 0 aliphatic heterocycles. The Balaban J connectivity index is 1.78. The molecule has 0 spiro atoms. The van der Waals surface area contributed by atoms with Gasteiger partial charge in [-0.25, -0.2) is 9.98 Å². The Morgan fingerprint density at radius 2 is 1.74 bits per heavy atom. The van der Waals surface area contributed by atoms with Gasteiger partial charge >= 0.3 is 0 Å². The van der Waals surface area contributed by atoms with Crippen LogP contribution in [0.3, 0.4) is 0 Å². The second-order valence-electron chi connectivity index (χ2n) is 7.71. The Labute approximate surface area is 184 Å². The molecule has 5 aromatic rings. The molecule has 0 saturated heterocycles. The lowest BCUT2D eigenvalue weighted by Crippen LogP contribution is -2.05. The third-order valence-corrected chi connectivity index (χ3v) is 6.30. The summed E-state index contributed by atoms with van der Waals surface area (Å²) in [5.41, 5.74) is 6.26. The fourth-order valence-electron chi connectivity index (χ4n) is 3.89. The lowest BCUT2D eigenvalue weighted by molar-refractivity contribution is 0.415. The minimum Gasteiger partial charge on any atom is -0.497 e. The van der Waals surface area contributed by atoms with Gasteiger partial charge in [0, 0.05) is 17.0 Å². The van der Waals surface area contributed by atoms with E-state index in [4.69, 9.17) is 19.1 Å². The van der Waals surface area contributed by atoms with E-state index in [9.17, 15) is 0 Å². The van der Waals surface area contributed by atoms with Gasteiger partial charge in [0.25, 0.3) is 0 Å². The molecule has 5 heteroatoms. The van der Waals surface area contributed by atoms with Crippen molar-refractivity contribution in [3.63, 3.8) is 0 Å². The van der Waals surface area contributed by atoms with Gasteiger partial charge in [-0.1, -0.05) is 29.5 Å². The van der Waals surface area contributed by atoms with E-state index in [0.29, 0.717) is 0 Å². The summed E-state index contributed by atoms with van der Waals surface area (Å²) >= 11 is 1.61. The molecule has 0 radical (unpaired) electrons. The van der Waals surface area contributed by atoms with E-state index in [1.165, 1.54) is 0 Å². The van der Waals surface area contributed by atoms with Gasteiger partial charge in [-0.05, 0) is 73.9 Å². The van der Waals surface area contributed by atoms with E-state index >= 15 is 0 Å². The molecule has 0 fully saturated rings. The smallest absolute Gasteiger partial charge is 0.210 e. The predicted molar refractivity (Wildman–Crippen MR) is 127 cm³/mol. The minimum atomic E-state index is 0.748. The highest BCUT2D eigenvalue weighted by molar-refractivity contribution is 7.21. The van der Waals surface area contributed by atoms with Crippen LogP contribution in [0.15, 0.2) is 70.1 Å². The van der Waals surface area contributed by atoms with Crippen molar-refractivity contribution in [3.05, 3.63) is 82.7 Å². The van der Waals surface area contributed by atoms with Gasteiger partial charge in [0.1, 0.15) is 17.1 Å². The second-order valence-corrected chi connectivity index (χ2v) is 8.72. The molecule has 31 heavy (non-hydrogen) atoms. The maximum atomic E-state index is 6.32. The standard InChI is InChI=1S/C26H22N2O2S/c1-15-12-17(3)24-20(27-26-28-25-16(2)6-5-7-23(25)31-26)14-21(30-22(24)13-15)18-8-10-19(29-4)11-9-18/h5-14H,1-4H3/b27-20+. The van der Waals surface area contributed by atoms with Crippen molar-refractivity contribution in [1.29, 1.82) is 0 Å². The SMILES string of the molecule is COc1ccc(-c2c/c(=N\c3nc4c(C)cccc4s3)c3c(C)cc(C)cc3o2)cc1. The average molecular weight is 427 g/mol. The number of thiazole rings is 1. The van der Waals surface area contributed by atoms with E-state index < -0.39 is 0 Å². The van der Waals surface area contributed by atoms with Crippen LogP contribution in [0.2, 0.25) is 0 Å². The molecular formula is C26H22N2O2S. The molecule has 0 atom stereocenters. The van der Waals surface area contributed by atoms with Crippen LogP contribution in [-0.4, -0.2) is 12.1 Å². The van der Waals surface area contributed by atoms with Crippen molar-refractivity contribution >= 4 is 37.7 Å². The number of nitrogens with zero attached hydrogens (tertiary/aromatic N) is 2. The first-order chi connectivity index (χ1) is 15.0. The molecule has 0 saturated carbocycles. The van der Waals surface area contributed by atoms with E-state index in [-0.39, 0.29) is 0 Å². The topological polar surface area (TPSA) is 47.6 Å². The van der Waals surface area contributed by atoms with Crippen LogP contribution in [0.4, 0.5) is 5.13 Å². The summed E-state index contributed by atoms with van der Waals surface area (Å²) in [6.45, 7) is 6.26. The zero-order valence-corrected chi connectivity index (χ0v) is 18.7. The number of aromatic nitrogens is 1. The number of rotatable bonds is 3. The van der Waals surface area contributed by atoms with E-state index in [1.54, 1.807) is 18.4 Å². The van der Waals surface area contributed by atoms with Crippen LogP contribution in [0, 0.1) is 20.8 Å². The Morgan fingerprint density at radius 1 is 0.935 bits per heavy atom. The summed E-state index contributed by atoms with van der Waals surface area (Å²) < 4.78 is 12.8. The van der Waals surface area contributed by atoms with Gasteiger partial charge in [0.2, 0.25) is 5.13 Å². The van der Waals surface area contributed by atoms with Crippen LogP contribution in [0.1, 0.15) is 16.7 Å². The van der Waals surface area contributed by atoms with Crippen molar-refractivity contribution in [3.8, 4) is 17.1 Å². The number of fused-ring (bicyclic) bond motifs is 2. The second kappa shape index (κ2) is 7.67. The van der Waals surface area contributed by atoms with Crippen molar-refractivity contribution < 1.29 is 9.15 Å². The van der Waals surface area contributed by atoms with E-state index in [1.807, 2.05) is 30.3 Å². The van der Waals surface area contributed by atoms with Crippen LogP contribution in [0.5, 0.6) is 5.75 Å². The zero-order valence-electron chi connectivity index (χ0n) is 17.9. The number of aryl methyl sites for hydroxylation is 3. The van der Waals surface area contributed by atoms with E-state index in [0.717, 1.165) is 65.4 Å². The highest BCUT2D eigenvalue weighted by Gasteiger charge is 2.11. The molecule has 154 valence electrons. The molecule has 2 aromatic heterocycles. The van der Waals surface area contributed by atoms with Crippen LogP contribution in [-0.2, 0) is 0 Å². The third kappa shape index (κ3) is 3.62. The first kappa shape index (κ1) is 19.5. The van der Waals surface area contributed by atoms with Gasteiger partial charge in [-0.15, -0.1) is 0 Å². The maximum Gasteiger partial charge on any atom is 0.210 e. The van der Waals surface area contributed by atoms with Gasteiger partial charge in [0.05, 0.1) is 22.7 Å². The summed E-state index contributed by atoms with van der Waals surface area (Å²) in [5, 5.41) is 2.62. The quantitative estimate of drug-likeness (QED) is 0.316. The van der Waals surface area contributed by atoms with Gasteiger partial charge in [-0.2, -0.15) is 0 Å². The first-order valence-corrected chi connectivity index (χ1v) is 10.9. The van der Waals surface area contributed by atoms with Crippen LogP contribution >= 0.6 is 11.3 Å². The maximum absolute atomic E-state index is 6.32. The molecule has 4 nitrogen and oxygen atoms in total. The number of hydrogen-bond acceptors (Lipinski definition) is 5. The Hall–Kier alpha value is -3.44. The van der Waals surface area contributed by atoms with E-state index in [2.05, 4.69) is 51.1 Å². The number of benzene rings is 3. The molecule has 0 aliphatic carbocycles. The lowest BCUT2D eigenvalue weighted by Gasteiger charge is -2.08. The Morgan fingerprint density at radius 3 is 2.48 bits per heavy atom. The molecular weight excluding hydrogens is 404 g/mol. The van der Waals surface area contributed by atoms with Crippen LogP contribution < -0.4 is 10.1 Å². The predicted octanol–water partition coefficient (Wildman–Crippen LogP) is 6.88. The third-order valence-electron chi connectivity index (χ3n) is 5.39. The molecule has 0 N–H and O–H groups in total. The summed E-state index contributed by atoms with van der Waals surface area (Å²) in [4.78, 5) is 9.77. The van der Waals surface area contributed by atoms with Crippen molar-refractivity contribution in [1.82, 2.24) is 4.98 Å². The van der Waals surface area contributed by atoms with Crippen molar-refractivity contribution in [2.45, 2.75) is 20.8 Å². The van der Waals surface area contributed by atoms with Gasteiger partial charge in [-0.3, -0.25) is 0 Å². The monoisotopic (exact) mass is 426 g/mol. The van der Waals surface area contributed by atoms with Crippen molar-refractivity contribution in [2.75, 3.05) is 7.11 Å². The normalized spacial score (nSPS) is 12.1. The molecule has 5 rings (SSSR count). The van der Waals surface area contributed by atoms with Gasteiger partial charge < -0.3 is 9.15 Å². The molecule has 0 unspecified atom stereocenters. The lowest BCUT2D eigenvalue weighted by atomic mass is 10.0. The fraction of sp³-hybridized carbons (Fsp3) is 0.154. The van der Waals surface area contributed by atoms with Crippen LogP contribution in [0.25, 0.3) is 32.5 Å². The largest absolute Gasteiger partial charge is 0.497 e. The Kier molecular flexibility index (Phi) is 4.83. The summed E-state index contributed by atoms with van der Waals surface area (Å²) in [6.07, 6.45) is 0. The molecule has 3 aromatic carbocycles. The first-order valence-electron chi connectivity index (χ1n) is 10.1. The number of methoxy groups -OCH3 is 1. The highest BCUT2D eigenvalue weighted by atomic mass is 32.1. The summed E-state index contributed by atoms with van der Waals surface area (Å²) in [5.74, 6) is 1.57. The molecule has 0 bridgehead atoms. The minimum absolute atomic E-state index is 0.748. The molecule has 0 amide bonds. The number of hydrogen-bond donors (Lipinski definition) is 0.